The van der Waals surface area contributed by atoms with Crippen LogP contribution in [-0.4, -0.2) is 114 Å². The Hall–Kier alpha value is -4.83. The standard InChI is InChI=1S/C19H21FN6S.C19H22N6S/c1-14-12-16(13-21-23-14)18-22-19(27-24-18)26-10-8-25(9-11-26)7-6-15-2-4-17(20)5-3-15;1-15-13-17(14-20-22-15)18-21-19(26-23-18)25-11-9-24(10-12-25)8-7-16-5-3-2-4-6-16/h2-5,12-13H,6-11H2,1H3;2-6,13-14H,7-12H2,1H3. The fourth-order valence-electron chi connectivity index (χ4n) is 6.31. The first-order chi connectivity index (χ1) is 25.9. The molecule has 0 radical (unpaired) electrons. The van der Waals surface area contributed by atoms with Crippen molar-refractivity contribution in [2.24, 2.45) is 0 Å². The maximum atomic E-state index is 13.0. The number of hydrogen-bond acceptors (Lipinski definition) is 14. The summed E-state index contributed by atoms with van der Waals surface area (Å²) in [7, 11) is 0. The Morgan fingerprint density at radius 3 is 1.49 bits per heavy atom. The van der Waals surface area contributed by atoms with Gasteiger partial charge >= 0.3 is 0 Å². The average molecular weight is 751 g/mol. The van der Waals surface area contributed by atoms with Crippen LogP contribution in [0.3, 0.4) is 0 Å². The van der Waals surface area contributed by atoms with E-state index in [4.69, 9.17) is 4.98 Å². The van der Waals surface area contributed by atoms with E-state index in [-0.39, 0.29) is 5.82 Å². The fourth-order valence-corrected chi connectivity index (χ4v) is 7.79. The second-order valence-electron chi connectivity index (χ2n) is 13.2. The van der Waals surface area contributed by atoms with Crippen molar-refractivity contribution in [2.75, 3.05) is 75.2 Å². The van der Waals surface area contributed by atoms with Crippen molar-refractivity contribution in [3.8, 4) is 22.8 Å². The third-order valence-corrected chi connectivity index (χ3v) is 10.9. The van der Waals surface area contributed by atoms with Crippen LogP contribution in [0.15, 0.2) is 79.1 Å². The molecule has 0 saturated carbocycles. The second kappa shape index (κ2) is 17.8. The van der Waals surface area contributed by atoms with Crippen LogP contribution in [0.1, 0.15) is 22.5 Å². The lowest BCUT2D eigenvalue weighted by Gasteiger charge is -2.34. The summed E-state index contributed by atoms with van der Waals surface area (Å²) in [5.74, 6) is 1.28. The van der Waals surface area contributed by atoms with Crippen molar-refractivity contribution in [1.29, 1.82) is 0 Å². The zero-order valence-corrected chi connectivity index (χ0v) is 31.7. The minimum absolute atomic E-state index is 0.179. The van der Waals surface area contributed by atoms with Gasteiger partial charge in [0.15, 0.2) is 11.6 Å². The zero-order chi connectivity index (χ0) is 36.4. The number of anilines is 2. The second-order valence-corrected chi connectivity index (χ2v) is 14.7. The van der Waals surface area contributed by atoms with E-state index in [0.29, 0.717) is 5.82 Å². The Kier molecular flexibility index (Phi) is 12.3. The predicted octanol–water partition coefficient (Wildman–Crippen LogP) is 5.48. The lowest BCUT2D eigenvalue weighted by molar-refractivity contribution is 0.261. The van der Waals surface area contributed by atoms with Gasteiger partial charge in [0.05, 0.1) is 23.8 Å². The highest BCUT2D eigenvalue weighted by Crippen LogP contribution is 2.26. The highest BCUT2D eigenvalue weighted by Gasteiger charge is 2.22. The Bertz CT molecular complexity index is 2020. The number of nitrogens with zero attached hydrogens (tertiary/aromatic N) is 12. The summed E-state index contributed by atoms with van der Waals surface area (Å²) < 4.78 is 22.0. The smallest absolute Gasteiger partial charge is 0.205 e. The number of benzene rings is 2. The number of rotatable bonds is 10. The molecule has 6 heterocycles. The van der Waals surface area contributed by atoms with E-state index in [0.717, 1.165) is 117 Å². The molecular formula is C38H43FN12S2. The molecule has 2 saturated heterocycles. The predicted molar refractivity (Wildman–Crippen MR) is 209 cm³/mol. The van der Waals surface area contributed by atoms with Crippen LogP contribution < -0.4 is 9.80 Å². The Morgan fingerprint density at radius 2 is 1.04 bits per heavy atom. The molecule has 0 amide bonds. The topological polar surface area (TPSA) is 116 Å². The summed E-state index contributed by atoms with van der Waals surface area (Å²) in [6.07, 6.45) is 5.47. The van der Waals surface area contributed by atoms with Gasteiger partial charge in [0.25, 0.3) is 0 Å². The van der Waals surface area contributed by atoms with Crippen LogP contribution in [-0.2, 0) is 12.8 Å². The lowest BCUT2D eigenvalue weighted by atomic mass is 10.1. The molecule has 0 spiro atoms. The van der Waals surface area contributed by atoms with Gasteiger partial charge in [-0.2, -0.15) is 39.1 Å². The largest absolute Gasteiger partial charge is 0.344 e. The molecular weight excluding hydrogens is 708 g/mol. The van der Waals surface area contributed by atoms with Gasteiger partial charge in [0.1, 0.15) is 5.82 Å². The molecule has 12 nitrogen and oxygen atoms in total. The molecule has 0 unspecified atom stereocenters. The molecule has 0 bridgehead atoms. The van der Waals surface area contributed by atoms with Gasteiger partial charge in [-0.15, -0.1) is 0 Å². The van der Waals surface area contributed by atoms with Crippen LogP contribution in [0.5, 0.6) is 0 Å². The summed E-state index contributed by atoms with van der Waals surface area (Å²) in [5.41, 5.74) is 6.16. The molecule has 2 aliphatic rings. The van der Waals surface area contributed by atoms with Crippen molar-refractivity contribution in [2.45, 2.75) is 26.7 Å². The monoisotopic (exact) mass is 750 g/mol. The molecule has 0 aliphatic carbocycles. The van der Waals surface area contributed by atoms with Crippen LogP contribution in [0.25, 0.3) is 22.8 Å². The van der Waals surface area contributed by atoms with Gasteiger partial charge in [-0.3, -0.25) is 9.80 Å². The molecule has 2 aliphatic heterocycles. The molecule has 0 atom stereocenters. The maximum absolute atomic E-state index is 13.0. The Morgan fingerprint density at radius 1 is 0.585 bits per heavy atom. The summed E-state index contributed by atoms with van der Waals surface area (Å²) in [4.78, 5) is 19.0. The van der Waals surface area contributed by atoms with E-state index in [2.05, 4.69) is 84.1 Å². The summed E-state index contributed by atoms with van der Waals surface area (Å²) >= 11 is 2.90. The van der Waals surface area contributed by atoms with Gasteiger partial charge in [-0.1, -0.05) is 42.5 Å². The first-order valence-corrected chi connectivity index (χ1v) is 19.5. The van der Waals surface area contributed by atoms with Crippen molar-refractivity contribution >= 4 is 33.3 Å². The molecule has 4 aromatic heterocycles. The summed E-state index contributed by atoms with van der Waals surface area (Å²) in [6, 6.07) is 21.4. The highest BCUT2D eigenvalue weighted by atomic mass is 32.1. The number of aromatic nitrogens is 8. The number of aryl methyl sites for hydroxylation is 2. The van der Waals surface area contributed by atoms with Crippen molar-refractivity contribution in [3.05, 3.63) is 107 Å². The Labute approximate surface area is 317 Å². The fraction of sp³-hybridized carbons (Fsp3) is 0.368. The first kappa shape index (κ1) is 36.5. The SMILES string of the molecule is Cc1cc(-c2nsc(N3CCN(CCc4ccc(F)cc4)CC3)n2)cnn1.Cc1cc(-c2nsc(N3CCN(CCc4ccccc4)CC3)n2)cnn1. The molecule has 6 aromatic rings. The third-order valence-electron chi connectivity index (χ3n) is 9.38. The van der Waals surface area contributed by atoms with Gasteiger partial charge < -0.3 is 9.80 Å². The molecule has 274 valence electrons. The van der Waals surface area contributed by atoms with E-state index < -0.39 is 0 Å². The van der Waals surface area contributed by atoms with E-state index in [1.165, 1.54) is 46.3 Å². The van der Waals surface area contributed by atoms with E-state index >= 15 is 0 Å². The highest BCUT2D eigenvalue weighted by molar-refractivity contribution is 7.10. The lowest BCUT2D eigenvalue weighted by Crippen LogP contribution is -2.47. The molecule has 53 heavy (non-hydrogen) atoms. The van der Waals surface area contributed by atoms with E-state index in [9.17, 15) is 4.39 Å². The van der Waals surface area contributed by atoms with Gasteiger partial charge in [0.2, 0.25) is 10.3 Å². The van der Waals surface area contributed by atoms with Crippen molar-refractivity contribution < 1.29 is 4.39 Å². The van der Waals surface area contributed by atoms with Gasteiger partial charge in [-0.25, -0.2) is 4.39 Å². The molecule has 8 rings (SSSR count). The quantitative estimate of drug-likeness (QED) is 0.177. The van der Waals surface area contributed by atoms with Crippen LogP contribution in [0, 0.1) is 19.7 Å². The normalized spacial score (nSPS) is 15.3. The number of hydrogen-bond donors (Lipinski definition) is 0. The van der Waals surface area contributed by atoms with Crippen LogP contribution in [0.4, 0.5) is 14.7 Å². The molecule has 2 fully saturated rings. The molecule has 0 N–H and O–H groups in total. The third kappa shape index (κ3) is 10.2. The van der Waals surface area contributed by atoms with Crippen LogP contribution in [0.2, 0.25) is 0 Å². The number of halogens is 1. The van der Waals surface area contributed by atoms with Crippen molar-refractivity contribution in [1.82, 2.24) is 48.9 Å². The number of piperazine rings is 2. The maximum Gasteiger partial charge on any atom is 0.205 e. The zero-order valence-electron chi connectivity index (χ0n) is 30.1. The van der Waals surface area contributed by atoms with Crippen molar-refractivity contribution in [3.63, 3.8) is 0 Å². The average Bonchev–Trinajstić information content (AvgIpc) is 3.90. The summed E-state index contributed by atoms with van der Waals surface area (Å²) in [6.45, 7) is 13.9. The molecule has 2 aromatic carbocycles. The first-order valence-electron chi connectivity index (χ1n) is 17.9. The Balaban J connectivity index is 0.000000164. The minimum Gasteiger partial charge on any atom is -0.344 e. The van der Waals surface area contributed by atoms with E-state index in [1.54, 1.807) is 12.4 Å². The van der Waals surface area contributed by atoms with Gasteiger partial charge in [-0.05, 0) is 62.1 Å². The minimum atomic E-state index is -0.179. The van der Waals surface area contributed by atoms with Gasteiger partial charge in [0, 0.05) is 99.6 Å². The van der Waals surface area contributed by atoms with Crippen LogP contribution >= 0.6 is 23.1 Å². The van der Waals surface area contributed by atoms with E-state index in [1.807, 2.05) is 38.1 Å². The summed E-state index contributed by atoms with van der Waals surface area (Å²) in [5, 5.41) is 17.9. The molecule has 15 heteroatoms.